The zero-order valence-electron chi connectivity index (χ0n) is 13.0. The third-order valence-corrected chi connectivity index (χ3v) is 3.11. The monoisotopic (exact) mass is 348 g/mol. The summed E-state index contributed by atoms with van der Waals surface area (Å²) < 4.78 is 10.5. The van der Waals surface area contributed by atoms with Crippen LogP contribution >= 0.6 is 11.6 Å². The highest BCUT2D eigenvalue weighted by Gasteiger charge is 2.03. The smallest absolute Gasteiger partial charge is 0.277 e. The minimum atomic E-state index is -0.434. The van der Waals surface area contributed by atoms with Crippen LogP contribution in [-0.4, -0.2) is 30.4 Å². The molecule has 0 aliphatic rings. The number of nitrogens with zero attached hydrogens (tertiary/aromatic N) is 1. The van der Waals surface area contributed by atoms with E-state index < -0.39 is 5.91 Å². The average molecular weight is 349 g/mol. The molecule has 0 saturated heterocycles. The zero-order valence-corrected chi connectivity index (χ0v) is 13.8. The van der Waals surface area contributed by atoms with Crippen molar-refractivity contribution in [3.05, 3.63) is 53.1 Å². The van der Waals surface area contributed by atoms with Crippen molar-refractivity contribution in [2.75, 3.05) is 13.2 Å². The molecular weight excluding hydrogens is 332 g/mol. The molecule has 126 valence electrons. The summed E-state index contributed by atoms with van der Waals surface area (Å²) in [6.45, 7) is 2.16. The molecule has 0 unspecified atom stereocenters. The van der Waals surface area contributed by atoms with Gasteiger partial charge in [-0.05, 0) is 37.3 Å². The van der Waals surface area contributed by atoms with Gasteiger partial charge in [0.1, 0.15) is 17.2 Å². The predicted octanol–water partition coefficient (Wildman–Crippen LogP) is 2.97. The Balaban J connectivity index is 1.83. The van der Waals surface area contributed by atoms with Crippen LogP contribution in [0.5, 0.6) is 17.2 Å². The molecule has 0 saturated carbocycles. The number of phenolic OH excluding ortho intramolecular Hbond substituents is 1. The summed E-state index contributed by atoms with van der Waals surface area (Å²) in [5, 5.41) is 14.1. The molecule has 2 N–H and O–H groups in total. The summed E-state index contributed by atoms with van der Waals surface area (Å²) in [5.74, 6) is 0.627. The largest absolute Gasteiger partial charge is 0.507 e. The molecule has 6 nitrogen and oxygen atoms in total. The molecule has 0 heterocycles. The maximum absolute atomic E-state index is 11.7. The van der Waals surface area contributed by atoms with Crippen molar-refractivity contribution < 1.29 is 19.4 Å². The van der Waals surface area contributed by atoms with Gasteiger partial charge in [0.05, 0.1) is 12.8 Å². The van der Waals surface area contributed by atoms with Gasteiger partial charge in [0, 0.05) is 16.7 Å². The molecule has 0 radical (unpaired) electrons. The van der Waals surface area contributed by atoms with Crippen LogP contribution in [0.2, 0.25) is 5.02 Å². The maximum atomic E-state index is 11.7. The van der Waals surface area contributed by atoms with Crippen LogP contribution in [0.4, 0.5) is 0 Å². The normalized spacial score (nSPS) is 10.6. The molecule has 0 aromatic heterocycles. The highest BCUT2D eigenvalue weighted by molar-refractivity contribution is 6.30. The molecule has 1 amide bonds. The number of carbonyl (C=O) groups is 1. The van der Waals surface area contributed by atoms with Crippen molar-refractivity contribution >= 4 is 23.7 Å². The van der Waals surface area contributed by atoms with Crippen molar-refractivity contribution in [3.63, 3.8) is 0 Å². The van der Waals surface area contributed by atoms with E-state index >= 15 is 0 Å². The number of halogens is 1. The Hall–Kier alpha value is -2.73. The lowest BCUT2D eigenvalue weighted by atomic mass is 10.2. The Morgan fingerprint density at radius 3 is 2.75 bits per heavy atom. The molecule has 0 aliphatic heterocycles. The SMILES string of the molecule is CCOc1ccc(/C=N/NC(=O)COc2cccc(Cl)c2)c(O)c1. The van der Waals surface area contributed by atoms with Gasteiger partial charge in [-0.15, -0.1) is 0 Å². The topological polar surface area (TPSA) is 80.2 Å². The van der Waals surface area contributed by atoms with E-state index in [0.717, 1.165) is 0 Å². The molecule has 2 rings (SSSR count). The van der Waals surface area contributed by atoms with Crippen molar-refractivity contribution in [1.29, 1.82) is 0 Å². The number of hydrogen-bond donors (Lipinski definition) is 2. The molecule has 0 bridgehead atoms. The van der Waals surface area contributed by atoms with Gasteiger partial charge in [0.25, 0.3) is 5.91 Å². The van der Waals surface area contributed by atoms with E-state index in [-0.39, 0.29) is 12.4 Å². The average Bonchev–Trinajstić information content (AvgIpc) is 2.55. The van der Waals surface area contributed by atoms with Crippen LogP contribution in [0.1, 0.15) is 12.5 Å². The Bertz CT molecular complexity index is 734. The Kier molecular flexibility index (Phi) is 6.45. The first kappa shape index (κ1) is 17.6. The molecule has 7 heteroatoms. The third kappa shape index (κ3) is 5.48. The van der Waals surface area contributed by atoms with Crippen LogP contribution in [-0.2, 0) is 4.79 Å². The van der Waals surface area contributed by atoms with E-state index in [9.17, 15) is 9.90 Å². The highest BCUT2D eigenvalue weighted by atomic mass is 35.5. The molecule has 0 atom stereocenters. The highest BCUT2D eigenvalue weighted by Crippen LogP contribution is 2.22. The van der Waals surface area contributed by atoms with E-state index in [1.54, 1.807) is 36.4 Å². The summed E-state index contributed by atoms with van der Waals surface area (Å²) in [6.07, 6.45) is 1.34. The zero-order chi connectivity index (χ0) is 17.4. The first-order valence-corrected chi connectivity index (χ1v) is 7.62. The van der Waals surface area contributed by atoms with Gasteiger partial charge in [-0.2, -0.15) is 5.10 Å². The summed E-state index contributed by atoms with van der Waals surface area (Å²) in [5.41, 5.74) is 2.77. The predicted molar refractivity (Wildman–Crippen MR) is 92.0 cm³/mol. The second-order valence-corrected chi connectivity index (χ2v) is 5.13. The third-order valence-electron chi connectivity index (χ3n) is 2.87. The number of ether oxygens (including phenoxy) is 2. The van der Waals surface area contributed by atoms with Gasteiger partial charge in [-0.3, -0.25) is 4.79 Å². The lowest BCUT2D eigenvalue weighted by Gasteiger charge is -2.06. The maximum Gasteiger partial charge on any atom is 0.277 e. The van der Waals surface area contributed by atoms with Gasteiger partial charge in [0.2, 0.25) is 0 Å². The summed E-state index contributed by atoms with van der Waals surface area (Å²) in [7, 11) is 0. The van der Waals surface area contributed by atoms with Crippen LogP contribution in [0.25, 0.3) is 0 Å². The van der Waals surface area contributed by atoms with Crippen LogP contribution in [0, 0.1) is 0 Å². The second kappa shape index (κ2) is 8.79. The minimum Gasteiger partial charge on any atom is -0.507 e. The summed E-state index contributed by atoms with van der Waals surface area (Å²) >= 11 is 5.82. The van der Waals surface area contributed by atoms with Crippen molar-refractivity contribution in [2.24, 2.45) is 5.10 Å². The van der Waals surface area contributed by atoms with Gasteiger partial charge in [0.15, 0.2) is 6.61 Å². The fourth-order valence-electron chi connectivity index (χ4n) is 1.80. The molecule has 0 fully saturated rings. The fourth-order valence-corrected chi connectivity index (χ4v) is 1.98. The van der Waals surface area contributed by atoms with E-state index in [1.165, 1.54) is 12.3 Å². The van der Waals surface area contributed by atoms with Gasteiger partial charge >= 0.3 is 0 Å². The lowest BCUT2D eigenvalue weighted by molar-refractivity contribution is -0.123. The van der Waals surface area contributed by atoms with Crippen molar-refractivity contribution in [1.82, 2.24) is 5.43 Å². The van der Waals surface area contributed by atoms with Gasteiger partial charge < -0.3 is 14.6 Å². The summed E-state index contributed by atoms with van der Waals surface area (Å²) in [6, 6.07) is 11.6. The Morgan fingerprint density at radius 1 is 1.25 bits per heavy atom. The van der Waals surface area contributed by atoms with Crippen LogP contribution < -0.4 is 14.9 Å². The molecule has 0 aliphatic carbocycles. The lowest BCUT2D eigenvalue weighted by Crippen LogP contribution is -2.24. The quantitative estimate of drug-likeness (QED) is 0.595. The van der Waals surface area contributed by atoms with E-state index in [2.05, 4.69) is 10.5 Å². The fraction of sp³-hybridized carbons (Fsp3) is 0.176. The number of amides is 1. The minimum absolute atomic E-state index is 0.00845. The van der Waals surface area contributed by atoms with Crippen molar-refractivity contribution in [2.45, 2.75) is 6.92 Å². The number of hydrazone groups is 1. The molecule has 24 heavy (non-hydrogen) atoms. The number of benzene rings is 2. The Morgan fingerprint density at radius 2 is 2.04 bits per heavy atom. The number of hydrogen-bond acceptors (Lipinski definition) is 5. The number of carbonyl (C=O) groups excluding carboxylic acids is 1. The van der Waals surface area contributed by atoms with Gasteiger partial charge in [-0.25, -0.2) is 5.43 Å². The van der Waals surface area contributed by atoms with Crippen molar-refractivity contribution in [3.8, 4) is 17.2 Å². The van der Waals surface area contributed by atoms with E-state index in [4.69, 9.17) is 21.1 Å². The van der Waals surface area contributed by atoms with Gasteiger partial charge in [-0.1, -0.05) is 17.7 Å². The number of aromatic hydroxyl groups is 1. The van der Waals surface area contributed by atoms with E-state index in [1.807, 2.05) is 6.92 Å². The molecule has 0 spiro atoms. The van der Waals surface area contributed by atoms with E-state index in [0.29, 0.717) is 28.7 Å². The van der Waals surface area contributed by atoms with Crippen LogP contribution in [0.15, 0.2) is 47.6 Å². The Labute approximate surface area is 144 Å². The molecule has 2 aromatic carbocycles. The molecular formula is C17H17ClN2O4. The molecule has 2 aromatic rings. The number of rotatable bonds is 7. The van der Waals surface area contributed by atoms with Crippen LogP contribution in [0.3, 0.4) is 0 Å². The first-order chi connectivity index (χ1) is 11.6. The first-order valence-electron chi connectivity index (χ1n) is 7.24. The summed E-state index contributed by atoms with van der Waals surface area (Å²) in [4.78, 5) is 11.7. The number of phenols is 1. The number of nitrogens with one attached hydrogen (secondary N) is 1. The second-order valence-electron chi connectivity index (χ2n) is 4.69. The standard InChI is InChI=1S/C17H17ClN2O4/c1-2-23-15-7-6-12(16(21)9-15)10-19-20-17(22)11-24-14-5-3-4-13(18)8-14/h3-10,21H,2,11H2,1H3,(H,20,22)/b19-10+.